The molecule has 1 saturated heterocycles. The van der Waals surface area contributed by atoms with E-state index in [1.807, 2.05) is 41.3 Å². The lowest BCUT2D eigenvalue weighted by atomic mass is 9.87. The molecule has 2 aromatic rings. The number of aryl methyl sites for hydroxylation is 1. The zero-order chi connectivity index (χ0) is 22.0. The standard InChI is InChI=1S/C25H30NO4P/c1-17-14-20(22(31(2,29)30)15-19(17)18-6-4-3-5-7-18)21-16-24(21)10-12-26(13-11-24)23(27)25(28)8-9-25/h3-7,14-15,21,28H,8-13,16H2,1-2H3,(H,29,30)/t21-/m1/s1. The van der Waals surface area contributed by atoms with E-state index in [-0.39, 0.29) is 17.2 Å². The van der Waals surface area contributed by atoms with Crippen LogP contribution in [0.5, 0.6) is 0 Å². The first kappa shape index (κ1) is 20.9. The van der Waals surface area contributed by atoms with Crippen molar-refractivity contribution in [3.05, 3.63) is 53.6 Å². The van der Waals surface area contributed by atoms with Gasteiger partial charge in [0.05, 0.1) is 0 Å². The Morgan fingerprint density at radius 3 is 2.32 bits per heavy atom. The zero-order valence-corrected chi connectivity index (χ0v) is 19.1. The monoisotopic (exact) mass is 439 g/mol. The highest BCUT2D eigenvalue weighted by atomic mass is 31.2. The Bertz CT molecular complexity index is 1080. The second kappa shape index (κ2) is 7.03. The molecule has 2 N–H and O–H groups in total. The summed E-state index contributed by atoms with van der Waals surface area (Å²) in [5.41, 5.74) is 3.18. The van der Waals surface area contributed by atoms with E-state index in [4.69, 9.17) is 0 Å². The van der Waals surface area contributed by atoms with E-state index in [9.17, 15) is 19.4 Å². The summed E-state index contributed by atoms with van der Waals surface area (Å²) in [6.45, 7) is 4.83. The average molecular weight is 439 g/mol. The fourth-order valence-corrected chi connectivity index (χ4v) is 6.48. The summed E-state index contributed by atoms with van der Waals surface area (Å²) in [6, 6.07) is 14.0. The molecule has 0 radical (unpaired) electrons. The van der Waals surface area contributed by atoms with Gasteiger partial charge in [0.15, 0.2) is 0 Å². The van der Waals surface area contributed by atoms with Crippen molar-refractivity contribution in [3.63, 3.8) is 0 Å². The maximum Gasteiger partial charge on any atom is 0.254 e. The molecule has 1 unspecified atom stereocenters. The quantitative estimate of drug-likeness (QED) is 0.711. The van der Waals surface area contributed by atoms with Crippen LogP contribution in [0, 0.1) is 12.3 Å². The van der Waals surface area contributed by atoms with Crippen LogP contribution < -0.4 is 5.30 Å². The number of aliphatic hydroxyl groups is 1. The van der Waals surface area contributed by atoms with Crippen molar-refractivity contribution < 1.29 is 19.4 Å². The molecule has 0 aromatic heterocycles. The summed E-state index contributed by atoms with van der Waals surface area (Å²) in [6.07, 6.45) is 3.93. The summed E-state index contributed by atoms with van der Waals surface area (Å²) in [5.74, 6) is 0.143. The van der Waals surface area contributed by atoms with E-state index in [0.29, 0.717) is 31.2 Å². The molecule has 6 heteroatoms. The maximum absolute atomic E-state index is 12.9. The highest BCUT2D eigenvalue weighted by Crippen LogP contribution is 2.66. The van der Waals surface area contributed by atoms with Crippen LogP contribution in [0.15, 0.2) is 42.5 Å². The molecule has 2 atom stereocenters. The third kappa shape index (κ3) is 3.67. The molecule has 2 saturated carbocycles. The second-order valence-corrected chi connectivity index (χ2v) is 12.2. The van der Waals surface area contributed by atoms with Gasteiger partial charge in [0.25, 0.3) is 5.91 Å². The first-order chi connectivity index (χ1) is 14.6. The highest BCUT2D eigenvalue weighted by Gasteiger charge is 2.58. The summed E-state index contributed by atoms with van der Waals surface area (Å²) >= 11 is 0. The number of piperidine rings is 1. The van der Waals surface area contributed by atoms with E-state index in [0.717, 1.165) is 41.5 Å². The van der Waals surface area contributed by atoms with Gasteiger partial charge in [-0.2, -0.15) is 0 Å². The smallest absolute Gasteiger partial charge is 0.254 e. The number of nitrogens with zero attached hydrogens (tertiary/aromatic N) is 1. The predicted octanol–water partition coefficient (Wildman–Crippen LogP) is 3.81. The van der Waals surface area contributed by atoms with Crippen molar-refractivity contribution in [1.29, 1.82) is 0 Å². The largest absolute Gasteiger partial charge is 0.380 e. The van der Waals surface area contributed by atoms with Gasteiger partial charge < -0.3 is 14.9 Å². The van der Waals surface area contributed by atoms with Crippen LogP contribution >= 0.6 is 7.37 Å². The van der Waals surface area contributed by atoms with Crippen molar-refractivity contribution in [1.82, 2.24) is 4.90 Å². The van der Waals surface area contributed by atoms with E-state index in [1.165, 1.54) is 6.66 Å². The molecule has 5 rings (SSSR count). The maximum atomic E-state index is 12.9. The van der Waals surface area contributed by atoms with E-state index in [2.05, 4.69) is 13.0 Å². The van der Waals surface area contributed by atoms with Gasteiger partial charge in [0, 0.05) is 25.1 Å². The molecule has 1 aliphatic heterocycles. The van der Waals surface area contributed by atoms with Gasteiger partial charge in [-0.3, -0.25) is 9.36 Å². The summed E-state index contributed by atoms with van der Waals surface area (Å²) in [4.78, 5) is 24.9. The molecular weight excluding hydrogens is 409 g/mol. The lowest BCUT2D eigenvalue weighted by Crippen LogP contribution is -2.45. The Balaban J connectivity index is 1.42. The van der Waals surface area contributed by atoms with Gasteiger partial charge in [-0.1, -0.05) is 36.4 Å². The number of hydrogen-bond donors (Lipinski definition) is 2. The third-order valence-electron chi connectivity index (χ3n) is 7.64. The topological polar surface area (TPSA) is 77.8 Å². The van der Waals surface area contributed by atoms with Crippen molar-refractivity contribution in [2.75, 3.05) is 19.8 Å². The molecule has 3 fully saturated rings. The van der Waals surface area contributed by atoms with Gasteiger partial charge in [-0.15, -0.1) is 0 Å². The lowest BCUT2D eigenvalue weighted by molar-refractivity contribution is -0.144. The highest BCUT2D eigenvalue weighted by molar-refractivity contribution is 7.65. The fraction of sp³-hybridized carbons (Fsp3) is 0.480. The van der Waals surface area contributed by atoms with Crippen molar-refractivity contribution in [2.24, 2.45) is 5.41 Å². The Labute approximate surface area is 183 Å². The number of benzene rings is 2. The van der Waals surface area contributed by atoms with Crippen LogP contribution in [-0.4, -0.2) is 46.2 Å². The Morgan fingerprint density at radius 1 is 1.10 bits per heavy atom. The SMILES string of the molecule is Cc1cc([C@H]2CC23CCN(C(=O)C2(O)CC2)CC3)c(P(C)(=O)O)cc1-c1ccccc1. The van der Waals surface area contributed by atoms with Gasteiger partial charge in [-0.05, 0) is 78.7 Å². The molecule has 1 heterocycles. The lowest BCUT2D eigenvalue weighted by Gasteiger charge is -2.34. The summed E-state index contributed by atoms with van der Waals surface area (Å²) in [7, 11) is -3.44. The molecule has 164 valence electrons. The number of rotatable bonds is 4. The number of carbonyl (C=O) groups excluding carboxylic acids is 1. The second-order valence-electron chi connectivity index (χ2n) is 9.91. The van der Waals surface area contributed by atoms with Crippen molar-refractivity contribution in [2.45, 2.75) is 50.5 Å². The van der Waals surface area contributed by atoms with E-state index >= 15 is 0 Å². The van der Waals surface area contributed by atoms with Crippen LogP contribution in [0.25, 0.3) is 11.1 Å². The third-order valence-corrected chi connectivity index (χ3v) is 8.92. The van der Waals surface area contributed by atoms with Crippen LogP contribution in [0.4, 0.5) is 0 Å². The Hall–Kier alpha value is -1.94. The van der Waals surface area contributed by atoms with Crippen molar-refractivity contribution >= 4 is 18.6 Å². The Kier molecular flexibility index (Phi) is 4.75. The van der Waals surface area contributed by atoms with Crippen LogP contribution in [-0.2, 0) is 9.36 Å². The van der Waals surface area contributed by atoms with Gasteiger partial charge >= 0.3 is 0 Å². The number of likely N-dealkylation sites (tertiary alicyclic amines) is 1. The minimum Gasteiger partial charge on any atom is -0.380 e. The molecule has 5 nitrogen and oxygen atoms in total. The Morgan fingerprint density at radius 2 is 1.74 bits per heavy atom. The van der Waals surface area contributed by atoms with Gasteiger partial charge in [0.1, 0.15) is 5.60 Å². The molecule has 1 amide bonds. The molecule has 2 aliphatic carbocycles. The zero-order valence-electron chi connectivity index (χ0n) is 18.2. The van der Waals surface area contributed by atoms with Gasteiger partial charge in [-0.25, -0.2) is 0 Å². The fourth-order valence-electron chi connectivity index (χ4n) is 5.41. The first-order valence-corrected chi connectivity index (χ1v) is 13.3. The molecule has 0 bridgehead atoms. The summed E-state index contributed by atoms with van der Waals surface area (Å²) < 4.78 is 12.9. The van der Waals surface area contributed by atoms with Crippen LogP contribution in [0.3, 0.4) is 0 Å². The normalized spacial score (nSPS) is 25.2. The van der Waals surface area contributed by atoms with Crippen molar-refractivity contribution in [3.8, 4) is 11.1 Å². The van der Waals surface area contributed by atoms with E-state index < -0.39 is 13.0 Å². The molecule has 1 spiro atoms. The number of amides is 1. The average Bonchev–Trinajstić information content (AvgIpc) is 3.65. The predicted molar refractivity (Wildman–Crippen MR) is 122 cm³/mol. The number of carbonyl (C=O) groups is 1. The van der Waals surface area contributed by atoms with E-state index in [1.54, 1.807) is 0 Å². The minimum atomic E-state index is -3.44. The van der Waals surface area contributed by atoms with Crippen LogP contribution in [0.2, 0.25) is 0 Å². The number of hydrogen-bond acceptors (Lipinski definition) is 3. The van der Waals surface area contributed by atoms with Crippen LogP contribution in [0.1, 0.15) is 49.1 Å². The molecule has 2 aromatic carbocycles. The van der Waals surface area contributed by atoms with Gasteiger partial charge in [0.2, 0.25) is 7.37 Å². The molecule has 3 aliphatic rings. The summed E-state index contributed by atoms with van der Waals surface area (Å²) in [5, 5.41) is 10.7. The first-order valence-electron chi connectivity index (χ1n) is 11.2. The molecular formula is C25H30NO4P. The molecule has 31 heavy (non-hydrogen) atoms. The minimum absolute atomic E-state index is 0.105.